The summed E-state index contributed by atoms with van der Waals surface area (Å²) in [5.41, 5.74) is 9.21. The third-order valence-electron chi connectivity index (χ3n) is 3.75. The maximum Gasteiger partial charge on any atom is 0.0511 e. The van der Waals surface area contributed by atoms with Gasteiger partial charge in [-0.2, -0.15) is 0 Å². The van der Waals surface area contributed by atoms with Crippen LogP contribution in [0.2, 0.25) is 10.0 Å². The SMILES string of the molecule is CC(c1cccc(Cl)c1)N(C)c1ccc(Cl)cc1CCN. The number of halogens is 2. The normalized spacial score (nSPS) is 12.2. The number of nitrogens with two attached hydrogens (primary N) is 1. The molecular weight excluding hydrogens is 303 g/mol. The van der Waals surface area contributed by atoms with Crippen LogP contribution < -0.4 is 10.6 Å². The Labute approximate surface area is 136 Å². The van der Waals surface area contributed by atoms with E-state index in [2.05, 4.69) is 24.9 Å². The Kier molecular flexibility index (Phi) is 5.51. The smallest absolute Gasteiger partial charge is 0.0511 e. The summed E-state index contributed by atoms with van der Waals surface area (Å²) in [6.45, 7) is 2.76. The lowest BCUT2D eigenvalue weighted by Gasteiger charge is -2.29. The van der Waals surface area contributed by atoms with Crippen LogP contribution in [-0.4, -0.2) is 13.6 Å². The van der Waals surface area contributed by atoms with Crippen molar-refractivity contribution in [3.63, 3.8) is 0 Å². The van der Waals surface area contributed by atoms with Crippen LogP contribution in [0.1, 0.15) is 24.1 Å². The minimum atomic E-state index is 0.210. The number of benzene rings is 2. The second kappa shape index (κ2) is 7.17. The predicted molar refractivity (Wildman–Crippen MR) is 92.5 cm³/mol. The molecule has 0 saturated heterocycles. The number of nitrogens with zero attached hydrogens (tertiary/aromatic N) is 1. The van der Waals surface area contributed by atoms with Gasteiger partial charge in [0, 0.05) is 22.8 Å². The van der Waals surface area contributed by atoms with E-state index in [4.69, 9.17) is 28.9 Å². The molecule has 0 aliphatic heterocycles. The molecule has 2 aromatic carbocycles. The minimum Gasteiger partial charge on any atom is -0.368 e. The van der Waals surface area contributed by atoms with Gasteiger partial charge in [0.2, 0.25) is 0 Å². The lowest BCUT2D eigenvalue weighted by atomic mass is 10.0. The predicted octanol–water partition coefficient (Wildman–Crippen LogP) is 4.69. The Morgan fingerprint density at radius 1 is 1.10 bits per heavy atom. The molecule has 2 nitrogen and oxygen atoms in total. The summed E-state index contributed by atoms with van der Waals surface area (Å²) in [6.07, 6.45) is 0.808. The van der Waals surface area contributed by atoms with Gasteiger partial charge >= 0.3 is 0 Å². The molecule has 1 unspecified atom stereocenters. The highest BCUT2D eigenvalue weighted by atomic mass is 35.5. The van der Waals surface area contributed by atoms with Gasteiger partial charge in [0.1, 0.15) is 0 Å². The third kappa shape index (κ3) is 3.91. The van der Waals surface area contributed by atoms with Gasteiger partial charge in [0.15, 0.2) is 0 Å². The first-order valence-electron chi connectivity index (χ1n) is 6.99. The zero-order chi connectivity index (χ0) is 15.4. The standard InChI is InChI=1S/C17H20Cl2N2/c1-12(13-4-3-5-15(18)10-13)21(2)17-7-6-16(19)11-14(17)8-9-20/h3-7,10-12H,8-9,20H2,1-2H3. The Morgan fingerprint density at radius 2 is 1.81 bits per heavy atom. The van der Waals surface area contributed by atoms with Crippen molar-refractivity contribution in [1.82, 2.24) is 0 Å². The van der Waals surface area contributed by atoms with Gasteiger partial charge in [-0.3, -0.25) is 0 Å². The van der Waals surface area contributed by atoms with Gasteiger partial charge in [-0.1, -0.05) is 35.3 Å². The number of anilines is 1. The first-order chi connectivity index (χ1) is 10.0. The summed E-state index contributed by atoms with van der Waals surface area (Å²) in [5.74, 6) is 0. The molecule has 2 aromatic rings. The fraction of sp³-hybridized carbons (Fsp3) is 0.294. The fourth-order valence-corrected chi connectivity index (χ4v) is 2.85. The average molecular weight is 323 g/mol. The van der Waals surface area contributed by atoms with Crippen molar-refractivity contribution < 1.29 is 0 Å². The van der Waals surface area contributed by atoms with E-state index in [1.807, 2.05) is 36.4 Å². The van der Waals surface area contributed by atoms with E-state index in [1.54, 1.807) is 0 Å². The summed E-state index contributed by atoms with van der Waals surface area (Å²) < 4.78 is 0. The molecule has 1 atom stereocenters. The number of rotatable bonds is 5. The van der Waals surface area contributed by atoms with Crippen LogP contribution in [0.15, 0.2) is 42.5 Å². The maximum atomic E-state index is 6.10. The van der Waals surface area contributed by atoms with Crippen molar-refractivity contribution in [3.8, 4) is 0 Å². The topological polar surface area (TPSA) is 29.3 Å². The van der Waals surface area contributed by atoms with Crippen molar-refractivity contribution >= 4 is 28.9 Å². The summed E-state index contributed by atoms with van der Waals surface area (Å²) in [6, 6.07) is 14.1. The highest BCUT2D eigenvalue weighted by Crippen LogP contribution is 2.31. The molecular formula is C17H20Cl2N2. The monoisotopic (exact) mass is 322 g/mol. The molecule has 2 N–H and O–H groups in total. The summed E-state index contributed by atoms with van der Waals surface area (Å²) >= 11 is 12.2. The van der Waals surface area contributed by atoms with E-state index in [0.29, 0.717) is 6.54 Å². The van der Waals surface area contributed by atoms with Gasteiger partial charge in [-0.25, -0.2) is 0 Å². The first-order valence-corrected chi connectivity index (χ1v) is 7.75. The zero-order valence-electron chi connectivity index (χ0n) is 12.3. The van der Waals surface area contributed by atoms with E-state index in [0.717, 1.165) is 22.2 Å². The van der Waals surface area contributed by atoms with Crippen LogP contribution in [-0.2, 0) is 6.42 Å². The number of hydrogen-bond donors (Lipinski definition) is 1. The van der Waals surface area contributed by atoms with Crippen LogP contribution in [0, 0.1) is 0 Å². The van der Waals surface area contributed by atoms with E-state index in [-0.39, 0.29) is 6.04 Å². The summed E-state index contributed by atoms with van der Waals surface area (Å²) in [4.78, 5) is 2.23. The van der Waals surface area contributed by atoms with E-state index in [9.17, 15) is 0 Å². The average Bonchev–Trinajstić information content (AvgIpc) is 2.46. The van der Waals surface area contributed by atoms with E-state index in [1.165, 1.54) is 11.1 Å². The van der Waals surface area contributed by atoms with E-state index < -0.39 is 0 Å². The second-order valence-corrected chi connectivity index (χ2v) is 6.03. The summed E-state index contributed by atoms with van der Waals surface area (Å²) in [7, 11) is 2.08. The molecule has 0 aliphatic rings. The Hall–Kier alpha value is -1.22. The second-order valence-electron chi connectivity index (χ2n) is 5.15. The zero-order valence-corrected chi connectivity index (χ0v) is 13.8. The highest BCUT2D eigenvalue weighted by Gasteiger charge is 2.15. The molecule has 0 aromatic heterocycles. The first kappa shape index (κ1) is 16.2. The molecule has 2 rings (SSSR count). The molecule has 0 fully saturated rings. The maximum absolute atomic E-state index is 6.10. The van der Waals surface area contributed by atoms with Crippen LogP contribution in [0.25, 0.3) is 0 Å². The molecule has 0 saturated carbocycles. The van der Waals surface area contributed by atoms with Crippen molar-refractivity contribution in [3.05, 3.63) is 63.6 Å². The molecule has 21 heavy (non-hydrogen) atoms. The molecule has 0 spiro atoms. The van der Waals surface area contributed by atoms with Gasteiger partial charge in [0.05, 0.1) is 6.04 Å². The molecule has 112 valence electrons. The van der Waals surface area contributed by atoms with Gasteiger partial charge < -0.3 is 10.6 Å². The molecule has 0 amide bonds. The van der Waals surface area contributed by atoms with Gasteiger partial charge in [-0.15, -0.1) is 0 Å². The summed E-state index contributed by atoms with van der Waals surface area (Å²) in [5, 5.41) is 1.50. The number of hydrogen-bond acceptors (Lipinski definition) is 2. The lowest BCUT2D eigenvalue weighted by Crippen LogP contribution is -2.23. The Morgan fingerprint density at radius 3 is 2.48 bits per heavy atom. The Bertz CT molecular complexity index is 613. The highest BCUT2D eigenvalue weighted by molar-refractivity contribution is 6.31. The van der Waals surface area contributed by atoms with Crippen molar-refractivity contribution in [1.29, 1.82) is 0 Å². The molecule has 0 bridgehead atoms. The van der Waals surface area contributed by atoms with Gasteiger partial charge in [0.25, 0.3) is 0 Å². The Balaban J connectivity index is 2.32. The molecule has 0 aliphatic carbocycles. The largest absolute Gasteiger partial charge is 0.368 e. The fourth-order valence-electron chi connectivity index (χ4n) is 2.45. The quantitative estimate of drug-likeness (QED) is 0.865. The van der Waals surface area contributed by atoms with Crippen molar-refractivity contribution in [2.75, 3.05) is 18.5 Å². The van der Waals surface area contributed by atoms with Crippen molar-refractivity contribution in [2.24, 2.45) is 5.73 Å². The lowest BCUT2D eigenvalue weighted by molar-refractivity contribution is 0.734. The third-order valence-corrected chi connectivity index (χ3v) is 4.22. The molecule has 0 heterocycles. The van der Waals surface area contributed by atoms with Crippen LogP contribution >= 0.6 is 23.2 Å². The van der Waals surface area contributed by atoms with E-state index >= 15 is 0 Å². The molecule has 0 radical (unpaired) electrons. The van der Waals surface area contributed by atoms with Gasteiger partial charge in [-0.05, 0) is 61.3 Å². The van der Waals surface area contributed by atoms with Crippen molar-refractivity contribution in [2.45, 2.75) is 19.4 Å². The van der Waals surface area contributed by atoms with Crippen LogP contribution in [0.3, 0.4) is 0 Å². The van der Waals surface area contributed by atoms with Crippen LogP contribution in [0.4, 0.5) is 5.69 Å². The van der Waals surface area contributed by atoms with Crippen LogP contribution in [0.5, 0.6) is 0 Å². The minimum absolute atomic E-state index is 0.210. The molecule has 4 heteroatoms.